The lowest BCUT2D eigenvalue weighted by Crippen LogP contribution is -2.46. The van der Waals surface area contributed by atoms with Crippen LogP contribution in [0.15, 0.2) is 119 Å². The van der Waals surface area contributed by atoms with Crippen LogP contribution in [0.2, 0.25) is 0 Å². The van der Waals surface area contributed by atoms with E-state index in [1.54, 1.807) is 12.1 Å². The number of anilines is 2. The van der Waals surface area contributed by atoms with E-state index < -0.39 is 0 Å². The third kappa shape index (κ3) is 3.59. The third-order valence-electron chi connectivity index (χ3n) is 6.86. The summed E-state index contributed by atoms with van der Waals surface area (Å²) in [7, 11) is 0. The molecule has 0 fully saturated rings. The van der Waals surface area contributed by atoms with Crippen LogP contribution in [0.3, 0.4) is 0 Å². The van der Waals surface area contributed by atoms with Gasteiger partial charge in [-0.1, -0.05) is 60.7 Å². The largest absolute Gasteiger partial charge is 0.337 e. The lowest BCUT2D eigenvalue weighted by Gasteiger charge is -2.40. The minimum Gasteiger partial charge on any atom is -0.337 e. The van der Waals surface area contributed by atoms with Gasteiger partial charge in [-0.2, -0.15) is 5.10 Å². The molecule has 2 aliphatic heterocycles. The average Bonchev–Trinajstić information content (AvgIpc) is 3.30. The number of rotatable bonds is 3. The van der Waals surface area contributed by atoms with E-state index in [1.807, 2.05) is 66.2 Å². The number of aliphatic imine (C=N–C) groups is 2. The normalized spacial score (nSPS) is 15.6. The molecule has 1 unspecified atom stereocenters. The summed E-state index contributed by atoms with van der Waals surface area (Å²) in [4.78, 5) is 12.4. The van der Waals surface area contributed by atoms with Crippen LogP contribution in [0, 0.1) is 12.7 Å². The predicted octanol–water partition coefficient (Wildman–Crippen LogP) is 7.12. The van der Waals surface area contributed by atoms with Crippen LogP contribution in [-0.2, 0) is 0 Å². The molecule has 0 saturated carbocycles. The molecule has 0 radical (unpaired) electrons. The smallest absolute Gasteiger partial charge is 0.179 e. The Hall–Kier alpha value is -5.04. The molecule has 0 amide bonds. The first-order valence-electron chi connectivity index (χ1n) is 12.5. The molecule has 7 rings (SSSR count). The molecule has 0 spiro atoms. The van der Waals surface area contributed by atoms with Crippen LogP contribution in [0.4, 0.5) is 27.3 Å². The van der Waals surface area contributed by atoms with Crippen molar-refractivity contribution in [3.05, 3.63) is 132 Å². The van der Waals surface area contributed by atoms with Crippen molar-refractivity contribution in [1.29, 1.82) is 0 Å². The molecular formula is C31H23FN6. The summed E-state index contributed by atoms with van der Waals surface area (Å²) in [6.45, 7) is 2.04. The number of hydrogen-bond donors (Lipinski definition) is 1. The third-order valence-corrected chi connectivity index (χ3v) is 6.86. The maximum absolute atomic E-state index is 13.6. The summed E-state index contributed by atoms with van der Waals surface area (Å²) in [6.07, 6.45) is 0. The summed E-state index contributed by atoms with van der Waals surface area (Å²) in [5, 5.41) is 8.35. The average molecular weight is 499 g/mol. The van der Waals surface area contributed by atoms with E-state index in [2.05, 4.69) is 40.5 Å². The molecule has 6 nitrogen and oxygen atoms in total. The summed E-state index contributed by atoms with van der Waals surface area (Å²) in [6, 6.07) is 34.6. The van der Waals surface area contributed by atoms with Crippen LogP contribution in [-0.4, -0.2) is 21.5 Å². The Kier molecular flexibility index (Phi) is 5.14. The second kappa shape index (κ2) is 8.81. The van der Waals surface area contributed by atoms with E-state index in [0.717, 1.165) is 45.4 Å². The molecule has 1 atom stereocenters. The Morgan fingerprint density at radius 1 is 0.763 bits per heavy atom. The zero-order valence-electron chi connectivity index (χ0n) is 20.6. The van der Waals surface area contributed by atoms with Gasteiger partial charge in [0.05, 0.1) is 28.8 Å². The van der Waals surface area contributed by atoms with Crippen molar-refractivity contribution in [2.24, 2.45) is 9.98 Å². The Bertz CT molecular complexity index is 1710. The Morgan fingerprint density at radius 3 is 2.21 bits per heavy atom. The van der Waals surface area contributed by atoms with Gasteiger partial charge in [0.2, 0.25) is 0 Å². The summed E-state index contributed by atoms with van der Waals surface area (Å²) < 4.78 is 15.5. The van der Waals surface area contributed by atoms with E-state index in [1.165, 1.54) is 12.1 Å². The van der Waals surface area contributed by atoms with Crippen LogP contribution in [0.5, 0.6) is 0 Å². The number of amidine groups is 2. The maximum atomic E-state index is 13.6. The topological polar surface area (TPSA) is 57.8 Å². The van der Waals surface area contributed by atoms with Gasteiger partial charge in [-0.05, 0) is 61.0 Å². The monoisotopic (exact) mass is 498 g/mol. The first kappa shape index (κ1) is 22.2. The molecule has 38 heavy (non-hydrogen) atoms. The number of aromatic nitrogens is 2. The van der Waals surface area contributed by atoms with E-state index in [9.17, 15) is 4.39 Å². The summed E-state index contributed by atoms with van der Waals surface area (Å²) >= 11 is 0. The summed E-state index contributed by atoms with van der Waals surface area (Å²) in [5.41, 5.74) is 6.52. The van der Waals surface area contributed by atoms with Gasteiger partial charge in [0.15, 0.2) is 17.5 Å². The highest BCUT2D eigenvalue weighted by Gasteiger charge is 2.41. The van der Waals surface area contributed by atoms with Crippen molar-refractivity contribution in [1.82, 2.24) is 9.78 Å². The van der Waals surface area contributed by atoms with E-state index in [-0.39, 0.29) is 11.9 Å². The number of nitrogens with one attached hydrogen (secondary N) is 1. The Labute approximate surface area is 219 Å². The number of benzene rings is 4. The Morgan fingerprint density at radius 2 is 1.45 bits per heavy atom. The second-order valence-electron chi connectivity index (χ2n) is 9.27. The number of fused-ring (bicyclic) bond motifs is 4. The molecule has 1 N–H and O–H groups in total. The minimum absolute atomic E-state index is 0.183. The first-order valence-corrected chi connectivity index (χ1v) is 12.5. The molecule has 7 heteroatoms. The zero-order chi connectivity index (χ0) is 25.6. The number of aryl methyl sites for hydroxylation is 1. The number of hydrogen-bond acceptors (Lipinski definition) is 5. The highest BCUT2D eigenvalue weighted by atomic mass is 19.1. The van der Waals surface area contributed by atoms with Crippen LogP contribution in [0.1, 0.15) is 22.9 Å². The molecule has 4 aromatic carbocycles. The highest BCUT2D eigenvalue weighted by Crippen LogP contribution is 2.48. The first-order chi connectivity index (χ1) is 18.7. The van der Waals surface area contributed by atoms with Gasteiger partial charge in [0.1, 0.15) is 5.82 Å². The quantitative estimate of drug-likeness (QED) is 0.288. The van der Waals surface area contributed by atoms with Crippen molar-refractivity contribution in [3.63, 3.8) is 0 Å². The van der Waals surface area contributed by atoms with Crippen molar-refractivity contribution in [2.45, 2.75) is 13.0 Å². The standard InChI is InChI=1S/C31H23FN6/c1-20-27-28(21-10-4-2-5-11-21)37-26-15-9-8-14-25(26)34-29(33-23-18-16-22(32)17-19-23)31(37)35-30(27)38(36-20)24-12-6-3-7-13-24/h2-19,28H,1H3,(H,33,34). The molecule has 184 valence electrons. The van der Waals surface area contributed by atoms with Gasteiger partial charge in [0.25, 0.3) is 0 Å². The molecular weight excluding hydrogens is 475 g/mol. The van der Waals surface area contributed by atoms with Crippen molar-refractivity contribution in [3.8, 4) is 5.69 Å². The molecule has 0 bridgehead atoms. The van der Waals surface area contributed by atoms with E-state index in [0.29, 0.717) is 11.7 Å². The van der Waals surface area contributed by atoms with Gasteiger partial charge in [-0.25, -0.2) is 19.1 Å². The number of halogens is 1. The fraction of sp³-hybridized carbons (Fsp3) is 0.0645. The zero-order valence-corrected chi connectivity index (χ0v) is 20.6. The molecule has 0 aliphatic carbocycles. The lowest BCUT2D eigenvalue weighted by molar-refractivity contribution is 0.628. The van der Waals surface area contributed by atoms with Crippen LogP contribution < -0.4 is 10.2 Å². The highest BCUT2D eigenvalue weighted by molar-refractivity contribution is 6.51. The molecule has 0 saturated heterocycles. The second-order valence-corrected chi connectivity index (χ2v) is 9.27. The van der Waals surface area contributed by atoms with Crippen LogP contribution >= 0.6 is 0 Å². The van der Waals surface area contributed by atoms with E-state index in [4.69, 9.17) is 15.1 Å². The molecule has 1 aromatic heterocycles. The summed E-state index contributed by atoms with van der Waals surface area (Å²) in [5.74, 6) is 1.73. The van der Waals surface area contributed by atoms with E-state index >= 15 is 0 Å². The number of nitrogens with zero attached hydrogens (tertiary/aromatic N) is 5. The Balaban J connectivity index is 1.49. The van der Waals surface area contributed by atoms with Gasteiger partial charge < -0.3 is 10.2 Å². The van der Waals surface area contributed by atoms with Crippen molar-refractivity contribution >= 4 is 34.6 Å². The number of para-hydroxylation sites is 3. The van der Waals surface area contributed by atoms with Gasteiger partial charge >= 0.3 is 0 Å². The van der Waals surface area contributed by atoms with Crippen LogP contribution in [0.25, 0.3) is 5.69 Å². The van der Waals surface area contributed by atoms with Crippen molar-refractivity contribution in [2.75, 3.05) is 10.2 Å². The predicted molar refractivity (Wildman–Crippen MR) is 150 cm³/mol. The van der Waals surface area contributed by atoms with Gasteiger partial charge in [0, 0.05) is 11.3 Å². The fourth-order valence-corrected chi connectivity index (χ4v) is 5.17. The molecule has 2 aliphatic rings. The van der Waals surface area contributed by atoms with Crippen molar-refractivity contribution < 1.29 is 4.39 Å². The fourth-order valence-electron chi connectivity index (χ4n) is 5.17. The minimum atomic E-state index is -0.292. The van der Waals surface area contributed by atoms with Gasteiger partial charge in [-0.15, -0.1) is 0 Å². The molecule has 5 aromatic rings. The SMILES string of the molecule is Cc1nn(-c2ccccc2)c2c1C(c1ccccc1)N1C(=N2)C(Nc2ccc(F)cc2)=Nc2ccccc21. The maximum Gasteiger partial charge on any atom is 0.179 e. The lowest BCUT2D eigenvalue weighted by atomic mass is 9.93. The molecule has 3 heterocycles. The van der Waals surface area contributed by atoms with Gasteiger partial charge in [-0.3, -0.25) is 0 Å².